The molecule has 1 aliphatic rings. The second-order valence-electron chi connectivity index (χ2n) is 6.45. The van der Waals surface area contributed by atoms with Crippen LogP contribution < -0.4 is 10.6 Å². The van der Waals surface area contributed by atoms with Crippen LogP contribution in [0.3, 0.4) is 0 Å². The zero-order chi connectivity index (χ0) is 17.5. The Morgan fingerprint density at radius 3 is 2.37 bits per heavy atom. The van der Waals surface area contributed by atoms with Gasteiger partial charge in [-0.25, -0.2) is 4.98 Å². The van der Waals surface area contributed by atoms with Crippen molar-refractivity contribution in [1.29, 1.82) is 0 Å². The van der Waals surface area contributed by atoms with Crippen LogP contribution in [0, 0.1) is 0 Å². The first-order chi connectivity index (χ1) is 12.3. The van der Waals surface area contributed by atoms with Gasteiger partial charge >= 0.3 is 0 Å². The van der Waals surface area contributed by atoms with Crippen molar-refractivity contribution < 1.29 is 4.79 Å². The highest BCUT2D eigenvalue weighted by molar-refractivity contribution is 5.94. The second-order valence-corrected chi connectivity index (χ2v) is 6.45. The molecule has 2 heterocycles. The Morgan fingerprint density at radius 2 is 1.78 bits per heavy atom. The molecule has 1 saturated heterocycles. The van der Waals surface area contributed by atoms with Gasteiger partial charge in [-0.1, -0.05) is 30.3 Å². The Balaban J connectivity index is 0.00000182. The normalized spacial score (nSPS) is 12.9. The van der Waals surface area contributed by atoms with Gasteiger partial charge in [0.05, 0.1) is 5.56 Å². The lowest BCUT2D eigenvalue weighted by atomic mass is 10.1. The van der Waals surface area contributed by atoms with Gasteiger partial charge in [-0.15, -0.1) is 24.8 Å². The van der Waals surface area contributed by atoms with Crippen LogP contribution in [0.25, 0.3) is 0 Å². The standard InChI is InChI=1S/C20H26N4O.2ClH/c21-11-6-14-24(16-17-7-2-1-3-8-17)20(25)18-9-10-19(22-15-18)23-12-4-5-13-23;;/h1-3,7-10,15H,4-6,11-14,16,21H2;2*1H. The summed E-state index contributed by atoms with van der Waals surface area (Å²) in [5, 5.41) is 0. The molecule has 1 fully saturated rings. The number of halogens is 2. The van der Waals surface area contributed by atoms with Crippen molar-refractivity contribution in [1.82, 2.24) is 9.88 Å². The topological polar surface area (TPSA) is 62.5 Å². The molecule has 0 spiro atoms. The maximum Gasteiger partial charge on any atom is 0.255 e. The molecule has 3 rings (SSSR count). The van der Waals surface area contributed by atoms with Gasteiger partial charge in [-0.3, -0.25) is 4.79 Å². The van der Waals surface area contributed by atoms with Crippen molar-refractivity contribution in [3.8, 4) is 0 Å². The Kier molecular flexibility index (Phi) is 10.1. The third kappa shape index (κ3) is 6.38. The fraction of sp³-hybridized carbons (Fsp3) is 0.400. The van der Waals surface area contributed by atoms with Crippen LogP contribution in [0.1, 0.15) is 35.2 Å². The fourth-order valence-corrected chi connectivity index (χ4v) is 3.17. The van der Waals surface area contributed by atoms with Gasteiger partial charge in [-0.2, -0.15) is 0 Å². The lowest BCUT2D eigenvalue weighted by Gasteiger charge is -2.23. The number of anilines is 1. The summed E-state index contributed by atoms with van der Waals surface area (Å²) in [6.45, 7) is 3.92. The molecule has 0 aliphatic carbocycles. The summed E-state index contributed by atoms with van der Waals surface area (Å²) in [6, 6.07) is 13.9. The predicted octanol–water partition coefficient (Wildman–Crippen LogP) is 3.52. The van der Waals surface area contributed by atoms with Crippen LogP contribution in [0.4, 0.5) is 5.82 Å². The van der Waals surface area contributed by atoms with Crippen LogP contribution in [-0.2, 0) is 6.54 Å². The molecule has 2 N–H and O–H groups in total. The lowest BCUT2D eigenvalue weighted by molar-refractivity contribution is 0.0742. The van der Waals surface area contributed by atoms with E-state index in [-0.39, 0.29) is 30.7 Å². The molecular formula is C20H28Cl2N4O. The highest BCUT2D eigenvalue weighted by Gasteiger charge is 2.18. The number of benzene rings is 1. The molecular weight excluding hydrogens is 383 g/mol. The summed E-state index contributed by atoms with van der Waals surface area (Å²) >= 11 is 0. The maximum atomic E-state index is 12.9. The number of nitrogens with two attached hydrogens (primary N) is 1. The van der Waals surface area contributed by atoms with Gasteiger partial charge < -0.3 is 15.5 Å². The van der Waals surface area contributed by atoms with Gasteiger partial charge in [0.15, 0.2) is 0 Å². The van der Waals surface area contributed by atoms with Gasteiger partial charge in [-0.05, 0) is 43.5 Å². The first kappa shape index (κ1) is 23.2. The molecule has 7 heteroatoms. The van der Waals surface area contributed by atoms with E-state index in [0.717, 1.165) is 30.9 Å². The van der Waals surface area contributed by atoms with Gasteiger partial charge in [0.1, 0.15) is 5.82 Å². The second kappa shape index (κ2) is 11.8. The molecule has 148 valence electrons. The summed E-state index contributed by atoms with van der Waals surface area (Å²) in [7, 11) is 0. The fourth-order valence-electron chi connectivity index (χ4n) is 3.17. The quantitative estimate of drug-likeness (QED) is 0.758. The molecule has 0 bridgehead atoms. The maximum absolute atomic E-state index is 12.9. The van der Waals surface area contributed by atoms with Crippen molar-refractivity contribution in [2.24, 2.45) is 5.73 Å². The molecule has 27 heavy (non-hydrogen) atoms. The van der Waals surface area contributed by atoms with E-state index >= 15 is 0 Å². The molecule has 0 unspecified atom stereocenters. The van der Waals surface area contributed by atoms with E-state index in [1.807, 2.05) is 47.4 Å². The minimum Gasteiger partial charge on any atom is -0.357 e. The number of amides is 1. The Hall–Kier alpha value is -1.82. The largest absolute Gasteiger partial charge is 0.357 e. The number of aromatic nitrogens is 1. The molecule has 1 aromatic heterocycles. The molecule has 0 atom stereocenters. The van der Waals surface area contributed by atoms with Crippen LogP contribution in [0.2, 0.25) is 0 Å². The Morgan fingerprint density at radius 1 is 1.07 bits per heavy atom. The molecule has 1 aliphatic heterocycles. The van der Waals surface area contributed by atoms with Crippen LogP contribution >= 0.6 is 24.8 Å². The van der Waals surface area contributed by atoms with E-state index in [2.05, 4.69) is 9.88 Å². The molecule has 1 amide bonds. The smallest absolute Gasteiger partial charge is 0.255 e. The highest BCUT2D eigenvalue weighted by Crippen LogP contribution is 2.18. The molecule has 0 saturated carbocycles. The summed E-state index contributed by atoms with van der Waals surface area (Å²) in [4.78, 5) is 21.5. The van der Waals surface area contributed by atoms with E-state index in [0.29, 0.717) is 25.2 Å². The van der Waals surface area contributed by atoms with E-state index in [1.54, 1.807) is 6.20 Å². The van der Waals surface area contributed by atoms with E-state index in [4.69, 9.17) is 5.73 Å². The summed E-state index contributed by atoms with van der Waals surface area (Å²) in [5.41, 5.74) is 7.40. The minimum atomic E-state index is 0. The number of pyridine rings is 1. The molecule has 1 aromatic carbocycles. The average Bonchev–Trinajstić information content (AvgIpc) is 3.20. The molecule has 2 aromatic rings. The monoisotopic (exact) mass is 410 g/mol. The highest BCUT2D eigenvalue weighted by atomic mass is 35.5. The summed E-state index contributed by atoms with van der Waals surface area (Å²) in [6.07, 6.45) is 4.92. The van der Waals surface area contributed by atoms with E-state index in [1.165, 1.54) is 12.8 Å². The number of hydrogen-bond donors (Lipinski definition) is 1. The van der Waals surface area contributed by atoms with Gasteiger partial charge in [0.2, 0.25) is 0 Å². The van der Waals surface area contributed by atoms with Crippen LogP contribution in [0.5, 0.6) is 0 Å². The zero-order valence-corrected chi connectivity index (χ0v) is 17.1. The van der Waals surface area contributed by atoms with E-state index in [9.17, 15) is 4.79 Å². The van der Waals surface area contributed by atoms with Crippen LogP contribution in [0.15, 0.2) is 48.7 Å². The Labute approximate surface area is 173 Å². The third-order valence-corrected chi connectivity index (χ3v) is 4.56. The number of carbonyl (C=O) groups excluding carboxylic acids is 1. The minimum absolute atomic E-state index is 0. The number of hydrogen-bond acceptors (Lipinski definition) is 4. The first-order valence-electron chi connectivity index (χ1n) is 9.02. The number of nitrogens with zero attached hydrogens (tertiary/aromatic N) is 3. The Bertz CT molecular complexity index is 676. The van der Waals surface area contributed by atoms with Crippen LogP contribution in [-0.4, -0.2) is 42.0 Å². The SMILES string of the molecule is Cl.Cl.NCCCN(Cc1ccccc1)C(=O)c1ccc(N2CCCC2)nc1. The third-order valence-electron chi connectivity index (χ3n) is 4.56. The van der Waals surface area contributed by atoms with Crippen molar-refractivity contribution >= 4 is 36.5 Å². The van der Waals surface area contributed by atoms with Gasteiger partial charge in [0.25, 0.3) is 5.91 Å². The summed E-state index contributed by atoms with van der Waals surface area (Å²) in [5.74, 6) is 0.975. The number of rotatable bonds is 7. The predicted molar refractivity (Wildman–Crippen MR) is 115 cm³/mol. The van der Waals surface area contributed by atoms with Gasteiger partial charge in [0, 0.05) is 32.4 Å². The van der Waals surface area contributed by atoms with Crippen molar-refractivity contribution in [3.63, 3.8) is 0 Å². The van der Waals surface area contributed by atoms with E-state index < -0.39 is 0 Å². The van der Waals surface area contributed by atoms with Crippen molar-refractivity contribution in [3.05, 3.63) is 59.8 Å². The average molecular weight is 411 g/mol. The number of carbonyl (C=O) groups is 1. The first-order valence-corrected chi connectivity index (χ1v) is 9.02. The van der Waals surface area contributed by atoms with Crippen molar-refractivity contribution in [2.45, 2.75) is 25.8 Å². The zero-order valence-electron chi connectivity index (χ0n) is 15.4. The lowest BCUT2D eigenvalue weighted by Crippen LogP contribution is -2.32. The molecule has 5 nitrogen and oxygen atoms in total. The van der Waals surface area contributed by atoms with Crippen molar-refractivity contribution in [2.75, 3.05) is 31.1 Å². The summed E-state index contributed by atoms with van der Waals surface area (Å²) < 4.78 is 0. The molecule has 0 radical (unpaired) electrons.